The summed E-state index contributed by atoms with van der Waals surface area (Å²) in [7, 11) is 1.63. The maximum Gasteiger partial charge on any atom is 0.315 e. The zero-order valence-electron chi connectivity index (χ0n) is 23.8. The van der Waals surface area contributed by atoms with E-state index in [4.69, 9.17) is 0 Å². The standard InChI is InChI=1S/C28H47N9O3/c1-29-26(38)19-14-22(36-27(39)34-20-6-2-17(3-7-20)24-30-10-11-31-24)16-23(15-19)37-28(40)35-21-8-4-18(5-9-21)25-32-12-13-33-25/h17-23H,2-16H2,1H3,(H,29,38)(H,30,31)(H,32,33)(H2,34,36,39)(H2,35,37,40). The largest absolute Gasteiger partial charge is 0.372 e. The van der Waals surface area contributed by atoms with E-state index in [2.05, 4.69) is 47.2 Å². The second-order valence-electron chi connectivity index (χ2n) is 12.1. The molecular weight excluding hydrogens is 510 g/mol. The molecule has 2 aliphatic heterocycles. The highest BCUT2D eigenvalue weighted by atomic mass is 16.2. The molecule has 5 aliphatic rings. The second-order valence-corrected chi connectivity index (χ2v) is 12.1. The summed E-state index contributed by atoms with van der Waals surface area (Å²) in [6, 6.07) is -0.479. The molecule has 0 aromatic heterocycles. The van der Waals surface area contributed by atoms with Crippen LogP contribution in [0.1, 0.15) is 70.6 Å². The fourth-order valence-electron chi connectivity index (χ4n) is 7.20. The molecule has 5 rings (SSSR count). The Morgan fingerprint density at radius 2 is 1.05 bits per heavy atom. The molecule has 0 spiro atoms. The van der Waals surface area contributed by atoms with Gasteiger partial charge in [0, 0.05) is 62.1 Å². The molecule has 12 heteroatoms. The van der Waals surface area contributed by atoms with Crippen LogP contribution in [-0.4, -0.2) is 87.0 Å². The van der Waals surface area contributed by atoms with Crippen molar-refractivity contribution in [3.8, 4) is 0 Å². The normalized spacial score (nSPS) is 33.9. The lowest BCUT2D eigenvalue weighted by molar-refractivity contribution is -0.125. The van der Waals surface area contributed by atoms with Gasteiger partial charge in [-0.3, -0.25) is 14.8 Å². The summed E-state index contributed by atoms with van der Waals surface area (Å²) in [4.78, 5) is 47.5. The van der Waals surface area contributed by atoms with E-state index in [1.807, 2.05) is 0 Å². The van der Waals surface area contributed by atoms with E-state index < -0.39 is 0 Å². The summed E-state index contributed by atoms with van der Waals surface area (Å²) in [5.74, 6) is 2.90. The molecule has 0 radical (unpaired) electrons. The van der Waals surface area contributed by atoms with Crippen molar-refractivity contribution in [2.45, 2.75) is 94.8 Å². The maximum absolute atomic E-state index is 12.9. The van der Waals surface area contributed by atoms with E-state index >= 15 is 0 Å². The molecule has 0 aromatic carbocycles. The highest BCUT2D eigenvalue weighted by molar-refractivity contribution is 5.86. The molecule has 2 unspecified atom stereocenters. The van der Waals surface area contributed by atoms with Gasteiger partial charge in [-0.1, -0.05) is 0 Å². The van der Waals surface area contributed by atoms with Gasteiger partial charge in [0.25, 0.3) is 0 Å². The van der Waals surface area contributed by atoms with Crippen molar-refractivity contribution in [3.05, 3.63) is 0 Å². The summed E-state index contributed by atoms with van der Waals surface area (Å²) in [5, 5.41) is 22.0. The number of carbonyl (C=O) groups is 3. The first kappa shape index (κ1) is 28.5. The SMILES string of the molecule is CNC(=O)C1CC(NC(=O)NC2CCC(C3=NCCN3)CC2)CC(NC(=O)NC2CCC(C3=NCCN3)CC2)C1. The van der Waals surface area contributed by atoms with Crippen LogP contribution in [0.4, 0.5) is 9.59 Å². The molecule has 3 aliphatic carbocycles. The smallest absolute Gasteiger partial charge is 0.315 e. The zero-order chi connectivity index (χ0) is 27.9. The van der Waals surface area contributed by atoms with Crippen molar-refractivity contribution < 1.29 is 14.4 Å². The predicted octanol–water partition coefficient (Wildman–Crippen LogP) is 0.989. The highest BCUT2D eigenvalue weighted by Crippen LogP contribution is 2.28. The number of hydrogen-bond acceptors (Lipinski definition) is 7. The average Bonchev–Trinajstić information content (AvgIpc) is 3.68. The van der Waals surface area contributed by atoms with Crippen LogP contribution in [0.15, 0.2) is 9.98 Å². The van der Waals surface area contributed by atoms with Gasteiger partial charge < -0.3 is 37.2 Å². The minimum absolute atomic E-state index is 0.0531. The van der Waals surface area contributed by atoms with Crippen LogP contribution in [-0.2, 0) is 4.79 Å². The van der Waals surface area contributed by atoms with Crippen LogP contribution in [0.5, 0.6) is 0 Å². The zero-order valence-corrected chi connectivity index (χ0v) is 23.8. The summed E-state index contributed by atoms with van der Waals surface area (Å²) in [6.07, 6.45) is 9.54. The number of aliphatic imine (C=N–C) groups is 2. The Hall–Kier alpha value is -3.05. The van der Waals surface area contributed by atoms with E-state index in [1.54, 1.807) is 7.05 Å². The third-order valence-electron chi connectivity index (χ3n) is 9.29. The molecule has 7 N–H and O–H groups in total. The van der Waals surface area contributed by atoms with E-state index in [1.165, 1.54) is 0 Å². The van der Waals surface area contributed by atoms with Crippen LogP contribution in [0, 0.1) is 17.8 Å². The molecule has 5 amide bonds. The van der Waals surface area contributed by atoms with E-state index in [0.717, 1.165) is 89.2 Å². The minimum Gasteiger partial charge on any atom is -0.372 e. The second kappa shape index (κ2) is 13.5. The van der Waals surface area contributed by atoms with Gasteiger partial charge in [-0.25, -0.2) is 9.59 Å². The molecule has 2 heterocycles. The van der Waals surface area contributed by atoms with Gasteiger partial charge in [0.15, 0.2) is 0 Å². The van der Waals surface area contributed by atoms with Crippen molar-refractivity contribution in [2.75, 3.05) is 33.2 Å². The summed E-state index contributed by atoms with van der Waals surface area (Å²) >= 11 is 0. The lowest BCUT2D eigenvalue weighted by Gasteiger charge is -2.36. The third kappa shape index (κ3) is 7.57. The monoisotopic (exact) mass is 557 g/mol. The molecule has 0 aromatic rings. The average molecular weight is 558 g/mol. The molecule has 12 nitrogen and oxygen atoms in total. The van der Waals surface area contributed by atoms with Crippen LogP contribution >= 0.6 is 0 Å². The lowest BCUT2D eigenvalue weighted by Crippen LogP contribution is -2.55. The number of nitrogens with one attached hydrogen (secondary N) is 7. The molecule has 3 fully saturated rings. The quantitative estimate of drug-likeness (QED) is 0.248. The van der Waals surface area contributed by atoms with Gasteiger partial charge in [-0.05, 0) is 70.6 Å². The highest BCUT2D eigenvalue weighted by Gasteiger charge is 2.35. The number of rotatable bonds is 7. The Balaban J connectivity index is 1.06. The summed E-state index contributed by atoms with van der Waals surface area (Å²) in [5.41, 5.74) is 0. The first-order valence-corrected chi connectivity index (χ1v) is 15.4. The number of urea groups is 2. The lowest BCUT2D eigenvalue weighted by atomic mass is 9.81. The van der Waals surface area contributed by atoms with Gasteiger partial charge >= 0.3 is 12.1 Å². The molecular formula is C28H47N9O3. The predicted molar refractivity (Wildman–Crippen MR) is 154 cm³/mol. The molecule has 3 saturated carbocycles. The van der Waals surface area contributed by atoms with Gasteiger partial charge in [0.1, 0.15) is 0 Å². The van der Waals surface area contributed by atoms with E-state index in [-0.39, 0.29) is 48.1 Å². The van der Waals surface area contributed by atoms with Crippen LogP contribution < -0.4 is 37.2 Å². The number of hydrogen-bond donors (Lipinski definition) is 7. The third-order valence-corrected chi connectivity index (χ3v) is 9.29. The van der Waals surface area contributed by atoms with E-state index in [9.17, 15) is 14.4 Å². The van der Waals surface area contributed by atoms with E-state index in [0.29, 0.717) is 31.1 Å². The van der Waals surface area contributed by atoms with Crippen molar-refractivity contribution in [2.24, 2.45) is 27.7 Å². The Kier molecular flexibility index (Phi) is 9.64. The minimum atomic E-state index is -0.264. The first-order valence-electron chi connectivity index (χ1n) is 15.4. The number of amidine groups is 2. The van der Waals surface area contributed by atoms with Crippen molar-refractivity contribution >= 4 is 29.6 Å². The number of amides is 5. The van der Waals surface area contributed by atoms with Crippen LogP contribution in [0.25, 0.3) is 0 Å². The maximum atomic E-state index is 12.9. The fraction of sp³-hybridized carbons (Fsp3) is 0.821. The van der Waals surface area contributed by atoms with Gasteiger partial charge in [0.2, 0.25) is 5.91 Å². The Morgan fingerprint density at radius 3 is 1.43 bits per heavy atom. The molecule has 2 atom stereocenters. The first-order chi connectivity index (χ1) is 19.5. The molecule has 40 heavy (non-hydrogen) atoms. The molecule has 222 valence electrons. The number of nitrogens with zero attached hydrogens (tertiary/aromatic N) is 2. The van der Waals surface area contributed by atoms with Crippen molar-refractivity contribution in [1.29, 1.82) is 0 Å². The van der Waals surface area contributed by atoms with Crippen molar-refractivity contribution in [1.82, 2.24) is 37.2 Å². The Morgan fingerprint density at radius 1 is 0.625 bits per heavy atom. The van der Waals surface area contributed by atoms with Gasteiger partial charge in [-0.15, -0.1) is 0 Å². The number of carbonyl (C=O) groups excluding carboxylic acids is 3. The fourth-order valence-corrected chi connectivity index (χ4v) is 7.20. The van der Waals surface area contributed by atoms with Crippen molar-refractivity contribution in [3.63, 3.8) is 0 Å². The Bertz CT molecular complexity index is 902. The van der Waals surface area contributed by atoms with Crippen LogP contribution in [0.3, 0.4) is 0 Å². The summed E-state index contributed by atoms with van der Waals surface area (Å²) < 4.78 is 0. The topological polar surface area (TPSA) is 160 Å². The van der Waals surface area contributed by atoms with Gasteiger partial charge in [0.05, 0.1) is 24.8 Å². The van der Waals surface area contributed by atoms with Gasteiger partial charge in [-0.2, -0.15) is 0 Å². The van der Waals surface area contributed by atoms with Crippen LogP contribution in [0.2, 0.25) is 0 Å². The molecule has 0 bridgehead atoms. The summed E-state index contributed by atoms with van der Waals surface area (Å²) in [6.45, 7) is 3.59. The Labute approximate surface area is 237 Å². The molecule has 0 saturated heterocycles.